The van der Waals surface area contributed by atoms with Crippen LogP contribution in [0.1, 0.15) is 23.2 Å². The lowest BCUT2D eigenvalue weighted by Crippen LogP contribution is -2.26. The van der Waals surface area contributed by atoms with E-state index in [-0.39, 0.29) is 0 Å². The number of hydrogen-bond acceptors (Lipinski definition) is 6. The van der Waals surface area contributed by atoms with Crippen LogP contribution in [0.3, 0.4) is 0 Å². The van der Waals surface area contributed by atoms with Gasteiger partial charge in [-0.25, -0.2) is 9.97 Å². The molecule has 0 radical (unpaired) electrons. The molecule has 138 valence electrons. The fourth-order valence-electron chi connectivity index (χ4n) is 3.73. The lowest BCUT2D eigenvalue weighted by atomic mass is 10.1. The fraction of sp³-hybridized carbons (Fsp3) is 0.500. The molecule has 4 rings (SSSR count). The van der Waals surface area contributed by atoms with E-state index in [1.54, 1.807) is 13.4 Å². The van der Waals surface area contributed by atoms with Crippen LogP contribution in [-0.2, 0) is 24.1 Å². The Hall–Kier alpha value is -2.18. The molecule has 2 aliphatic rings. The van der Waals surface area contributed by atoms with E-state index < -0.39 is 0 Å². The molecule has 1 aromatic carbocycles. The molecule has 6 nitrogen and oxygen atoms in total. The molecule has 0 amide bonds. The van der Waals surface area contributed by atoms with Crippen molar-refractivity contribution in [3.05, 3.63) is 47.4 Å². The third-order valence-electron chi connectivity index (χ3n) is 5.19. The Kier molecular flexibility index (Phi) is 5.32. The Bertz CT molecular complexity index is 746. The third kappa shape index (κ3) is 3.97. The number of methoxy groups -OCH3 is 1. The van der Waals surface area contributed by atoms with Crippen LogP contribution in [0.15, 0.2) is 30.6 Å². The van der Waals surface area contributed by atoms with Crippen molar-refractivity contribution in [3.8, 4) is 5.75 Å². The maximum absolute atomic E-state index is 5.48. The van der Waals surface area contributed by atoms with Gasteiger partial charge in [0.25, 0.3) is 0 Å². The standard InChI is InChI=1S/C20H26N4O2/c1-25-17-4-2-3-15(11-17)12-24-8-5-18-19(6-9-24)21-14-22-20(18)23-16-7-10-26-13-16/h2-4,11,14,16H,5-10,12-13H2,1H3,(H,21,22,23). The predicted octanol–water partition coefficient (Wildman–Crippen LogP) is 2.29. The van der Waals surface area contributed by atoms with E-state index in [4.69, 9.17) is 9.47 Å². The van der Waals surface area contributed by atoms with Gasteiger partial charge in [0.15, 0.2) is 0 Å². The molecule has 0 spiro atoms. The van der Waals surface area contributed by atoms with E-state index in [9.17, 15) is 0 Å². The average Bonchev–Trinajstić information content (AvgIpc) is 3.09. The van der Waals surface area contributed by atoms with Crippen molar-refractivity contribution < 1.29 is 9.47 Å². The number of nitrogens with zero attached hydrogens (tertiary/aromatic N) is 3. The Morgan fingerprint density at radius 2 is 2.19 bits per heavy atom. The van der Waals surface area contributed by atoms with Crippen LogP contribution in [0.5, 0.6) is 5.75 Å². The van der Waals surface area contributed by atoms with Crippen molar-refractivity contribution in [2.75, 3.05) is 38.7 Å². The lowest BCUT2D eigenvalue weighted by molar-refractivity contribution is 0.195. The van der Waals surface area contributed by atoms with E-state index in [1.165, 1.54) is 16.8 Å². The first-order chi connectivity index (χ1) is 12.8. The van der Waals surface area contributed by atoms with Gasteiger partial charge >= 0.3 is 0 Å². The molecule has 1 N–H and O–H groups in total. The normalized spacial score (nSPS) is 20.4. The monoisotopic (exact) mass is 354 g/mol. The summed E-state index contributed by atoms with van der Waals surface area (Å²) < 4.78 is 10.8. The van der Waals surface area contributed by atoms with Gasteiger partial charge in [-0.1, -0.05) is 12.1 Å². The summed E-state index contributed by atoms with van der Waals surface area (Å²) in [6.45, 7) is 4.54. The van der Waals surface area contributed by atoms with Gasteiger partial charge in [0.05, 0.1) is 25.5 Å². The highest BCUT2D eigenvalue weighted by Crippen LogP contribution is 2.23. The highest BCUT2D eigenvalue weighted by Gasteiger charge is 2.22. The number of anilines is 1. The van der Waals surface area contributed by atoms with Gasteiger partial charge in [0.2, 0.25) is 0 Å². The van der Waals surface area contributed by atoms with Crippen LogP contribution in [0, 0.1) is 0 Å². The van der Waals surface area contributed by atoms with Crippen LogP contribution in [0.25, 0.3) is 0 Å². The molecule has 1 saturated heterocycles. The minimum Gasteiger partial charge on any atom is -0.497 e. The van der Waals surface area contributed by atoms with Gasteiger partial charge in [-0.2, -0.15) is 0 Å². The van der Waals surface area contributed by atoms with Gasteiger partial charge < -0.3 is 14.8 Å². The zero-order valence-electron chi connectivity index (χ0n) is 15.3. The molecule has 1 atom stereocenters. The number of fused-ring (bicyclic) bond motifs is 1. The Morgan fingerprint density at radius 1 is 1.27 bits per heavy atom. The molecule has 0 aliphatic carbocycles. The third-order valence-corrected chi connectivity index (χ3v) is 5.19. The molecule has 2 aliphatic heterocycles. The maximum atomic E-state index is 5.48. The first-order valence-electron chi connectivity index (χ1n) is 9.34. The molecule has 0 saturated carbocycles. The summed E-state index contributed by atoms with van der Waals surface area (Å²) in [7, 11) is 1.71. The Morgan fingerprint density at radius 3 is 3.04 bits per heavy atom. The van der Waals surface area contributed by atoms with Gasteiger partial charge in [-0.05, 0) is 30.5 Å². The molecule has 1 fully saturated rings. The summed E-state index contributed by atoms with van der Waals surface area (Å²) >= 11 is 0. The summed E-state index contributed by atoms with van der Waals surface area (Å²) in [4.78, 5) is 11.6. The van der Waals surface area contributed by atoms with Crippen LogP contribution in [-0.4, -0.2) is 54.3 Å². The number of ether oxygens (including phenoxy) is 2. The second kappa shape index (κ2) is 8.01. The lowest BCUT2D eigenvalue weighted by Gasteiger charge is -2.20. The largest absolute Gasteiger partial charge is 0.497 e. The van der Waals surface area contributed by atoms with Crippen molar-refractivity contribution >= 4 is 5.82 Å². The molecule has 1 aromatic heterocycles. The van der Waals surface area contributed by atoms with Crippen LogP contribution < -0.4 is 10.1 Å². The zero-order chi connectivity index (χ0) is 17.8. The predicted molar refractivity (Wildman–Crippen MR) is 101 cm³/mol. The van der Waals surface area contributed by atoms with E-state index in [0.29, 0.717) is 6.04 Å². The van der Waals surface area contributed by atoms with Crippen LogP contribution >= 0.6 is 0 Å². The van der Waals surface area contributed by atoms with Gasteiger partial charge in [0.1, 0.15) is 17.9 Å². The van der Waals surface area contributed by atoms with Gasteiger partial charge in [0, 0.05) is 38.2 Å². The topological polar surface area (TPSA) is 59.5 Å². The SMILES string of the molecule is COc1cccc(CN2CCc3ncnc(NC4CCOC4)c3CC2)c1. The highest BCUT2D eigenvalue weighted by atomic mass is 16.5. The number of nitrogens with one attached hydrogen (secondary N) is 1. The first-order valence-corrected chi connectivity index (χ1v) is 9.34. The van der Waals surface area contributed by atoms with Crippen LogP contribution in [0.4, 0.5) is 5.82 Å². The van der Waals surface area contributed by atoms with E-state index in [0.717, 1.165) is 63.7 Å². The fourth-order valence-corrected chi connectivity index (χ4v) is 3.73. The second-order valence-corrected chi connectivity index (χ2v) is 6.98. The van der Waals surface area contributed by atoms with Gasteiger partial charge in [-0.15, -0.1) is 0 Å². The minimum atomic E-state index is 0.366. The average molecular weight is 354 g/mol. The molecular weight excluding hydrogens is 328 g/mol. The van der Waals surface area contributed by atoms with Crippen molar-refractivity contribution in [3.63, 3.8) is 0 Å². The molecule has 26 heavy (non-hydrogen) atoms. The second-order valence-electron chi connectivity index (χ2n) is 6.98. The van der Waals surface area contributed by atoms with E-state index in [2.05, 4.69) is 38.4 Å². The smallest absolute Gasteiger partial charge is 0.133 e. The summed E-state index contributed by atoms with van der Waals surface area (Å²) in [6, 6.07) is 8.68. The summed E-state index contributed by atoms with van der Waals surface area (Å²) in [5, 5.41) is 3.57. The number of aromatic nitrogens is 2. The van der Waals surface area contributed by atoms with Crippen molar-refractivity contribution in [1.82, 2.24) is 14.9 Å². The van der Waals surface area contributed by atoms with Crippen molar-refractivity contribution in [2.24, 2.45) is 0 Å². The van der Waals surface area contributed by atoms with Crippen molar-refractivity contribution in [2.45, 2.75) is 31.8 Å². The Balaban J connectivity index is 1.44. The first kappa shape index (κ1) is 17.2. The highest BCUT2D eigenvalue weighted by molar-refractivity contribution is 5.47. The molecule has 1 unspecified atom stereocenters. The van der Waals surface area contributed by atoms with E-state index >= 15 is 0 Å². The number of benzene rings is 1. The number of rotatable bonds is 5. The molecule has 0 bridgehead atoms. The minimum absolute atomic E-state index is 0.366. The zero-order valence-corrected chi connectivity index (χ0v) is 15.3. The van der Waals surface area contributed by atoms with Gasteiger partial charge in [-0.3, -0.25) is 4.90 Å². The van der Waals surface area contributed by atoms with Crippen LogP contribution in [0.2, 0.25) is 0 Å². The van der Waals surface area contributed by atoms with E-state index in [1.807, 2.05) is 6.07 Å². The van der Waals surface area contributed by atoms with Crippen molar-refractivity contribution in [1.29, 1.82) is 0 Å². The molecule has 3 heterocycles. The summed E-state index contributed by atoms with van der Waals surface area (Å²) in [6.07, 6.45) is 4.66. The Labute approximate surface area is 154 Å². The number of hydrogen-bond donors (Lipinski definition) is 1. The summed E-state index contributed by atoms with van der Waals surface area (Å²) in [5.41, 5.74) is 3.73. The molecular formula is C20H26N4O2. The maximum Gasteiger partial charge on any atom is 0.133 e. The molecule has 2 aromatic rings. The summed E-state index contributed by atoms with van der Waals surface area (Å²) in [5.74, 6) is 1.91. The quantitative estimate of drug-likeness (QED) is 0.889. The molecule has 6 heteroatoms.